The van der Waals surface area contributed by atoms with Crippen molar-refractivity contribution >= 4 is 11.3 Å². The molecule has 13 heavy (non-hydrogen) atoms. The highest BCUT2D eigenvalue weighted by Crippen LogP contribution is 2.38. The second kappa shape index (κ2) is 3.13. The first kappa shape index (κ1) is 8.05. The molecule has 0 saturated heterocycles. The molecule has 0 N–H and O–H groups in total. The second-order valence-corrected chi connectivity index (χ2v) is 5.51. The van der Waals surface area contributed by atoms with Crippen LogP contribution in [-0.4, -0.2) is 0 Å². The van der Waals surface area contributed by atoms with Crippen LogP contribution < -0.4 is 0 Å². The van der Waals surface area contributed by atoms with Gasteiger partial charge in [-0.15, -0.1) is 11.3 Å². The van der Waals surface area contributed by atoms with Crippen LogP contribution in [0.4, 0.5) is 0 Å². The fourth-order valence-corrected chi connectivity index (χ4v) is 4.25. The van der Waals surface area contributed by atoms with Gasteiger partial charge in [0.1, 0.15) is 0 Å². The van der Waals surface area contributed by atoms with E-state index in [9.17, 15) is 0 Å². The highest BCUT2D eigenvalue weighted by molar-refractivity contribution is 7.12. The van der Waals surface area contributed by atoms with Gasteiger partial charge in [-0.25, -0.2) is 0 Å². The van der Waals surface area contributed by atoms with E-state index in [4.69, 9.17) is 0 Å². The Labute approximate surface area is 84.0 Å². The molecule has 2 aliphatic carbocycles. The molecule has 1 aromatic heterocycles. The number of rotatable bonds is 0. The molecule has 0 bridgehead atoms. The van der Waals surface area contributed by atoms with Gasteiger partial charge in [-0.1, -0.05) is 0 Å². The van der Waals surface area contributed by atoms with Crippen LogP contribution in [0.2, 0.25) is 0 Å². The monoisotopic (exact) mass is 192 g/mol. The maximum atomic E-state index is 2.14. The molecule has 3 rings (SSSR count). The van der Waals surface area contributed by atoms with E-state index in [1.165, 1.54) is 51.4 Å². The number of hydrogen-bond acceptors (Lipinski definition) is 1. The van der Waals surface area contributed by atoms with E-state index in [1.807, 2.05) is 0 Å². The summed E-state index contributed by atoms with van der Waals surface area (Å²) in [6.45, 7) is 0. The summed E-state index contributed by atoms with van der Waals surface area (Å²) < 4.78 is 0. The summed E-state index contributed by atoms with van der Waals surface area (Å²) in [4.78, 5) is 3.50. The summed E-state index contributed by atoms with van der Waals surface area (Å²) >= 11 is 2.14. The lowest BCUT2D eigenvalue weighted by molar-refractivity contribution is 0.661. The molecule has 0 saturated carbocycles. The molecule has 1 heteroatoms. The minimum atomic E-state index is 1.38. The Morgan fingerprint density at radius 3 is 1.62 bits per heavy atom. The molecule has 0 aliphatic heterocycles. The Morgan fingerprint density at radius 1 is 0.615 bits per heavy atom. The van der Waals surface area contributed by atoms with E-state index in [0.29, 0.717) is 0 Å². The summed E-state index contributed by atoms with van der Waals surface area (Å²) in [5, 5.41) is 0. The highest BCUT2D eigenvalue weighted by Gasteiger charge is 2.21. The van der Waals surface area contributed by atoms with Gasteiger partial charge in [0.15, 0.2) is 0 Å². The van der Waals surface area contributed by atoms with Crippen LogP contribution in [0.3, 0.4) is 0 Å². The maximum absolute atomic E-state index is 2.14. The van der Waals surface area contributed by atoms with E-state index in [0.717, 1.165) is 0 Å². The lowest BCUT2D eigenvalue weighted by Crippen LogP contribution is -2.04. The van der Waals surface area contributed by atoms with Crippen LogP contribution >= 0.6 is 11.3 Å². The van der Waals surface area contributed by atoms with Gasteiger partial charge in [0, 0.05) is 9.75 Å². The van der Waals surface area contributed by atoms with Crippen LogP contribution in [0.5, 0.6) is 0 Å². The van der Waals surface area contributed by atoms with Gasteiger partial charge in [-0.05, 0) is 62.5 Å². The van der Waals surface area contributed by atoms with Gasteiger partial charge in [0.2, 0.25) is 0 Å². The maximum Gasteiger partial charge on any atom is 0.00830 e. The van der Waals surface area contributed by atoms with Crippen molar-refractivity contribution in [3.05, 3.63) is 20.9 Å². The van der Waals surface area contributed by atoms with Gasteiger partial charge in [-0.3, -0.25) is 0 Å². The zero-order valence-electron chi connectivity index (χ0n) is 8.07. The van der Waals surface area contributed by atoms with Crippen LogP contribution in [0.25, 0.3) is 0 Å². The third-order valence-electron chi connectivity index (χ3n) is 3.45. The smallest absolute Gasteiger partial charge is 0.00830 e. The fourth-order valence-electron chi connectivity index (χ4n) is 2.77. The third kappa shape index (κ3) is 1.25. The summed E-state index contributed by atoms with van der Waals surface area (Å²) in [6.07, 6.45) is 11.3. The molecule has 0 fully saturated rings. The molecule has 1 aromatic rings. The lowest BCUT2D eigenvalue weighted by atomic mass is 9.89. The van der Waals surface area contributed by atoms with Gasteiger partial charge in [-0.2, -0.15) is 0 Å². The topological polar surface area (TPSA) is 0 Å². The van der Waals surface area contributed by atoms with Crippen molar-refractivity contribution < 1.29 is 0 Å². The second-order valence-electron chi connectivity index (χ2n) is 4.32. The van der Waals surface area contributed by atoms with E-state index in [1.54, 1.807) is 20.9 Å². The van der Waals surface area contributed by atoms with E-state index < -0.39 is 0 Å². The first-order valence-corrected chi connectivity index (χ1v) is 6.39. The predicted octanol–water partition coefficient (Wildman–Crippen LogP) is 3.51. The average Bonchev–Trinajstić information content (AvgIpc) is 2.56. The Morgan fingerprint density at radius 2 is 1.08 bits per heavy atom. The molecule has 0 amide bonds. The molecular formula is C12H16S. The zero-order valence-corrected chi connectivity index (χ0v) is 8.88. The van der Waals surface area contributed by atoms with Crippen molar-refractivity contribution in [2.75, 3.05) is 0 Å². The van der Waals surface area contributed by atoms with Gasteiger partial charge in [0.05, 0.1) is 0 Å². The van der Waals surface area contributed by atoms with E-state index >= 15 is 0 Å². The quantitative estimate of drug-likeness (QED) is 0.590. The molecule has 2 aliphatic rings. The SMILES string of the molecule is C1CCc2c(sc3c2CCCC3)C1. The van der Waals surface area contributed by atoms with Gasteiger partial charge < -0.3 is 0 Å². The Bertz CT molecular complexity index is 292. The van der Waals surface area contributed by atoms with Gasteiger partial charge in [0.25, 0.3) is 0 Å². The number of thiophene rings is 1. The molecule has 1 heterocycles. The minimum absolute atomic E-state index is 1.38. The van der Waals surface area contributed by atoms with E-state index in [-0.39, 0.29) is 0 Å². The molecule has 0 unspecified atom stereocenters. The van der Waals surface area contributed by atoms with Crippen molar-refractivity contribution in [2.45, 2.75) is 51.4 Å². The molecule has 0 atom stereocenters. The number of hydrogen-bond donors (Lipinski definition) is 0. The van der Waals surface area contributed by atoms with Crippen LogP contribution in [-0.2, 0) is 25.7 Å². The van der Waals surface area contributed by atoms with Crippen molar-refractivity contribution in [3.63, 3.8) is 0 Å². The molecule has 0 aromatic carbocycles. The fraction of sp³-hybridized carbons (Fsp3) is 0.667. The third-order valence-corrected chi connectivity index (χ3v) is 4.84. The molecule has 0 nitrogen and oxygen atoms in total. The summed E-state index contributed by atoms with van der Waals surface area (Å²) in [6, 6.07) is 0. The Hall–Kier alpha value is -0.300. The lowest BCUT2D eigenvalue weighted by Gasteiger charge is -2.15. The summed E-state index contributed by atoms with van der Waals surface area (Å²) in [7, 11) is 0. The first-order valence-electron chi connectivity index (χ1n) is 5.57. The first-order chi connectivity index (χ1) is 6.45. The summed E-state index contributed by atoms with van der Waals surface area (Å²) in [5.41, 5.74) is 3.57. The van der Waals surface area contributed by atoms with Crippen molar-refractivity contribution in [1.29, 1.82) is 0 Å². The molecule has 0 spiro atoms. The molecule has 0 radical (unpaired) electrons. The van der Waals surface area contributed by atoms with Crippen LogP contribution in [0.1, 0.15) is 46.6 Å². The molecular weight excluding hydrogens is 176 g/mol. The van der Waals surface area contributed by atoms with Crippen molar-refractivity contribution in [3.8, 4) is 0 Å². The van der Waals surface area contributed by atoms with Crippen molar-refractivity contribution in [2.24, 2.45) is 0 Å². The largest absolute Gasteiger partial charge is 0.145 e. The normalized spacial score (nSPS) is 20.9. The predicted molar refractivity (Wildman–Crippen MR) is 57.6 cm³/mol. The standard InChI is InChI=1S/C12H16S/c1-3-7-11-9(5-1)10-6-2-4-8-12(10)13-11/h1-8H2. The van der Waals surface area contributed by atoms with Crippen molar-refractivity contribution in [1.82, 2.24) is 0 Å². The summed E-state index contributed by atoms with van der Waals surface area (Å²) in [5.74, 6) is 0. The van der Waals surface area contributed by atoms with Crippen LogP contribution in [0.15, 0.2) is 0 Å². The van der Waals surface area contributed by atoms with Crippen LogP contribution in [0, 0.1) is 0 Å². The number of fused-ring (bicyclic) bond motifs is 3. The zero-order chi connectivity index (χ0) is 8.67. The van der Waals surface area contributed by atoms with Gasteiger partial charge >= 0.3 is 0 Å². The number of aryl methyl sites for hydroxylation is 2. The molecule has 70 valence electrons. The average molecular weight is 192 g/mol. The minimum Gasteiger partial charge on any atom is -0.145 e. The Balaban J connectivity index is 2.09. The van der Waals surface area contributed by atoms with E-state index in [2.05, 4.69) is 11.3 Å². The Kier molecular flexibility index (Phi) is 1.93. The highest BCUT2D eigenvalue weighted by atomic mass is 32.1.